The van der Waals surface area contributed by atoms with Crippen molar-refractivity contribution in [3.8, 4) is 57.6 Å². The summed E-state index contributed by atoms with van der Waals surface area (Å²) in [6.07, 6.45) is 6.41. The van der Waals surface area contributed by atoms with Crippen LogP contribution in [0.2, 0.25) is 0 Å². The molecule has 0 radical (unpaired) electrons. The lowest BCUT2D eigenvalue weighted by atomic mass is 10.3. The Kier molecular flexibility index (Phi) is 21.9. The van der Waals surface area contributed by atoms with Crippen molar-refractivity contribution in [2.45, 2.75) is 61.2 Å². The van der Waals surface area contributed by atoms with Crippen LogP contribution in [0.15, 0.2) is 201 Å². The van der Waals surface area contributed by atoms with Crippen molar-refractivity contribution in [1.29, 1.82) is 0 Å². The summed E-state index contributed by atoms with van der Waals surface area (Å²) in [4.78, 5) is 74.8. The van der Waals surface area contributed by atoms with E-state index in [4.69, 9.17) is 17.8 Å². The average Bonchev–Trinajstić information content (AvgIpc) is 1.67. The molecule has 0 amide bonds. The fourth-order valence-electron chi connectivity index (χ4n) is 9.50. The van der Waals surface area contributed by atoms with E-state index in [0.29, 0.717) is 85.9 Å². The predicted molar refractivity (Wildman–Crippen MR) is 385 cm³/mol. The maximum Gasteiger partial charge on any atom is 0.297 e. The Morgan fingerprint density at radius 2 is 0.811 bits per heavy atom. The fourth-order valence-corrected chi connectivity index (χ4v) is 14.2. The van der Waals surface area contributed by atoms with Gasteiger partial charge < -0.3 is 27.6 Å². The number of aryl methyl sites for hydroxylation is 6. The highest BCUT2D eigenvalue weighted by Gasteiger charge is 2.28. The number of hydrogen-bond donors (Lipinski definition) is 4. The minimum Gasteiger partial charge on any atom is -0.448 e. The van der Waals surface area contributed by atoms with E-state index in [1.54, 1.807) is 181 Å². The molecule has 0 aliphatic carbocycles. The van der Waals surface area contributed by atoms with Gasteiger partial charge >= 0.3 is 0 Å². The van der Waals surface area contributed by atoms with Crippen molar-refractivity contribution in [2.75, 3.05) is 57.0 Å². The summed E-state index contributed by atoms with van der Waals surface area (Å²) in [5.74, 6) is 3.91. The lowest BCUT2D eigenvalue weighted by Crippen LogP contribution is -2.44. The molecule has 0 spiro atoms. The number of para-hydroxylation sites is 1. The van der Waals surface area contributed by atoms with E-state index in [9.17, 15) is 33.7 Å². The second kappa shape index (κ2) is 31.7. The summed E-state index contributed by atoms with van der Waals surface area (Å²) in [6.45, 7) is 13.4. The predicted octanol–water partition coefficient (Wildman–Crippen LogP) is 8.58. The molecule has 0 unspecified atom stereocenters. The van der Waals surface area contributed by atoms with Crippen LogP contribution in [0, 0.1) is 41.5 Å². The Morgan fingerprint density at radius 1 is 0.396 bits per heavy atom. The van der Waals surface area contributed by atoms with Gasteiger partial charge in [-0.25, -0.2) is 43.8 Å². The number of thiazole rings is 1. The highest BCUT2D eigenvalue weighted by molar-refractivity contribution is 7.94. The number of sulfonamides is 4. The zero-order valence-electron chi connectivity index (χ0n) is 56.8. The van der Waals surface area contributed by atoms with E-state index in [1.165, 1.54) is 24.3 Å². The summed E-state index contributed by atoms with van der Waals surface area (Å²) in [7, 11) is -13.8. The molecular formula is C65H60N24O12S5. The maximum atomic E-state index is 12.8. The smallest absolute Gasteiger partial charge is 0.297 e. The van der Waals surface area contributed by atoms with Gasteiger partial charge in [-0.3, -0.25) is 19.9 Å². The van der Waals surface area contributed by atoms with Gasteiger partial charge in [0.15, 0.2) is 29.1 Å². The van der Waals surface area contributed by atoms with Crippen LogP contribution in [0.3, 0.4) is 0 Å². The fraction of sp³-hybridized carbons (Fsp3) is 0.169. The molecule has 106 heavy (non-hydrogen) atoms. The first-order valence-electron chi connectivity index (χ1n) is 31.4. The molecule has 1 aliphatic heterocycles. The number of aromatic nitrogens is 18. The van der Waals surface area contributed by atoms with Gasteiger partial charge in [-0.15, -0.1) is 11.3 Å². The molecular weight excluding hydrogens is 1470 g/mol. The van der Waals surface area contributed by atoms with Gasteiger partial charge in [0.25, 0.3) is 40.1 Å². The molecule has 1 aromatic carbocycles. The molecule has 1 fully saturated rings. The third-order valence-electron chi connectivity index (χ3n) is 14.4. The van der Waals surface area contributed by atoms with Crippen LogP contribution < -0.4 is 23.8 Å². The lowest BCUT2D eigenvalue weighted by Gasteiger charge is -2.32. The number of anilines is 5. The highest BCUT2D eigenvalue weighted by Crippen LogP contribution is 2.30. The molecule has 0 bridgehead atoms. The van der Waals surface area contributed by atoms with Crippen LogP contribution >= 0.6 is 11.3 Å². The lowest BCUT2D eigenvalue weighted by molar-refractivity contribution is 0.312. The monoisotopic (exact) mass is 1530 g/mol. The standard InChI is InChI=1S/C17H20N8O2S2.C17H14N6O4S.C17H13N5O3S.C14H13N5O3S/c1-12-19-15(13-5-3-4-6-18-13)22-16(20-12)23-29(26,27)17-21-14(11-28-17)25-9-7-24(2)8-10-25;1-10-9-14(27-22-10)13-6-7-15(26-13)28(24,25)23-17-20-11(2)19-16(21-17)12-5-3-4-8-18-12;1-11-19-16(13-7-4-5-9-18-13)21-17(20-11)22-26(23,24)15-10-12-6-2-3-8-14(12)25-15;1-9-6-7-12(22-9)23(20,21)19-14-17-10(2)16-13(18-14)11-5-3-4-8-15-11/h3-6,11H,7-10H2,1-2H3,(H,19,20,22,23);3-9H,1-2H3,(H,19,20,21,23);2-10H,1H3,(H,19,20,21,22);3-8H,1-2H3,(H,16,17,18,19). The molecule has 13 aromatic heterocycles. The SMILES string of the molecule is Cc1cc(-c2ccc(S(=O)(=O)Nc3nc(C)nc(-c4ccccn4)n3)o2)on1.Cc1nc(NS(=O)(=O)c2cc3ccccc3o2)nc(-c2ccccn2)n1.Cc1nc(NS(=O)(=O)c2ccc(C)o2)nc(-c2ccccn2)n1.Cc1nc(NS(=O)(=O)c2nc(N3CCN(C)CC3)cs2)nc(-c2ccccn2)n1. The van der Waals surface area contributed by atoms with Crippen molar-refractivity contribution < 1.29 is 51.4 Å². The van der Waals surface area contributed by atoms with Crippen LogP contribution in [-0.4, -0.2) is 162 Å². The number of furan rings is 3. The van der Waals surface area contributed by atoms with Gasteiger partial charge in [-0.1, -0.05) is 47.6 Å². The summed E-state index contributed by atoms with van der Waals surface area (Å²) in [5, 5.41) is 5.47. The van der Waals surface area contributed by atoms with Gasteiger partial charge in [0.05, 0.1) is 5.69 Å². The molecule has 14 aromatic rings. The highest BCUT2D eigenvalue weighted by atomic mass is 32.2. The van der Waals surface area contributed by atoms with Crippen LogP contribution in [0.5, 0.6) is 0 Å². The number of hydrogen-bond acceptors (Lipinski definition) is 33. The van der Waals surface area contributed by atoms with E-state index in [-0.39, 0.29) is 66.6 Å². The Hall–Kier alpha value is -12.4. The zero-order chi connectivity index (χ0) is 74.8. The van der Waals surface area contributed by atoms with Crippen molar-refractivity contribution in [2.24, 2.45) is 0 Å². The Bertz CT molecular complexity index is 5860. The number of fused-ring (bicyclic) bond motifs is 1. The normalized spacial score (nSPS) is 12.6. The second-order valence-corrected chi connectivity index (χ2v) is 30.1. The number of nitrogens with one attached hydrogen (secondary N) is 4. The topological polar surface area (TPSA) is 476 Å². The van der Waals surface area contributed by atoms with Crippen LogP contribution in [0.25, 0.3) is 68.6 Å². The van der Waals surface area contributed by atoms with Gasteiger partial charge in [-0.2, -0.15) is 73.5 Å². The minimum atomic E-state index is -4.06. The first-order chi connectivity index (χ1) is 50.8. The van der Waals surface area contributed by atoms with Crippen molar-refractivity contribution in [1.82, 2.24) is 94.8 Å². The first kappa shape index (κ1) is 73.3. The van der Waals surface area contributed by atoms with Gasteiger partial charge in [0, 0.05) is 73.9 Å². The summed E-state index contributed by atoms with van der Waals surface area (Å²) >= 11 is 1.07. The zero-order valence-corrected chi connectivity index (χ0v) is 60.9. The molecule has 4 N–H and O–H groups in total. The molecule has 542 valence electrons. The molecule has 15 rings (SSSR count). The quantitative estimate of drug-likeness (QED) is 0.0624. The van der Waals surface area contributed by atoms with Crippen molar-refractivity contribution >= 4 is 92.0 Å². The maximum absolute atomic E-state index is 12.8. The molecule has 0 saturated carbocycles. The summed E-state index contributed by atoms with van der Waals surface area (Å²) in [6, 6.07) is 37.0. The Labute approximate surface area is 608 Å². The summed E-state index contributed by atoms with van der Waals surface area (Å²) in [5.41, 5.74) is 3.19. The first-order valence-corrected chi connectivity index (χ1v) is 38.2. The largest absolute Gasteiger partial charge is 0.448 e. The molecule has 36 nitrogen and oxygen atoms in total. The summed E-state index contributed by atoms with van der Waals surface area (Å²) < 4.78 is 131. The number of piperazine rings is 1. The van der Waals surface area contributed by atoms with Gasteiger partial charge in [-0.05, 0) is 127 Å². The number of pyridine rings is 4. The Balaban J connectivity index is 0.000000133. The van der Waals surface area contributed by atoms with E-state index in [0.717, 1.165) is 37.5 Å². The van der Waals surface area contributed by atoms with Crippen molar-refractivity contribution in [3.63, 3.8) is 0 Å². The molecule has 1 saturated heterocycles. The van der Waals surface area contributed by atoms with Crippen LogP contribution in [-0.2, 0) is 40.1 Å². The van der Waals surface area contributed by atoms with E-state index < -0.39 is 40.1 Å². The van der Waals surface area contributed by atoms with Gasteiger partial charge in [0.1, 0.15) is 63.2 Å². The number of benzene rings is 1. The Morgan fingerprint density at radius 3 is 1.22 bits per heavy atom. The molecule has 1 aliphatic rings. The molecule has 0 atom stereocenters. The van der Waals surface area contributed by atoms with Crippen LogP contribution in [0.4, 0.5) is 29.6 Å². The van der Waals surface area contributed by atoms with E-state index in [1.807, 2.05) is 0 Å². The number of nitrogens with zero attached hydrogens (tertiary/aromatic N) is 20. The minimum absolute atomic E-state index is 0.0242. The third kappa shape index (κ3) is 18.7. The molecule has 14 heterocycles. The van der Waals surface area contributed by atoms with Crippen LogP contribution in [0.1, 0.15) is 34.8 Å². The van der Waals surface area contributed by atoms with E-state index in [2.05, 4.69) is 126 Å². The molecule has 41 heteroatoms. The van der Waals surface area contributed by atoms with E-state index >= 15 is 0 Å². The number of likely N-dealkylation sites (N-methyl/N-ethyl adjacent to an activating group) is 1. The number of rotatable bonds is 18. The third-order valence-corrected chi connectivity index (χ3v) is 20.5. The second-order valence-electron chi connectivity index (χ2n) is 22.6. The average molecular weight is 1530 g/mol. The van der Waals surface area contributed by atoms with Gasteiger partial charge in [0.2, 0.25) is 49.2 Å². The van der Waals surface area contributed by atoms with Crippen molar-refractivity contribution in [3.05, 3.63) is 198 Å².